The highest BCUT2D eigenvalue weighted by atomic mass is 17.0. The van der Waals surface area contributed by atoms with Crippen molar-refractivity contribution in [3.63, 3.8) is 0 Å². The van der Waals surface area contributed by atoms with Gasteiger partial charge >= 0.3 is 0 Å². The van der Waals surface area contributed by atoms with Crippen LogP contribution in [-0.2, 0) is 0 Å². The zero-order valence-electron chi connectivity index (χ0n) is 10.9. The average molecular weight is 228 g/mol. The Bertz CT molecular complexity index is 146. The van der Waals surface area contributed by atoms with Gasteiger partial charge in [-0.25, -0.2) is 0 Å². The first-order chi connectivity index (χ1) is 7.75. The van der Waals surface area contributed by atoms with Gasteiger partial charge in [-0.2, -0.15) is 0 Å². The smallest absolute Gasteiger partial charge is 0.0386 e. The van der Waals surface area contributed by atoms with Crippen LogP contribution in [0.2, 0.25) is 0 Å². The predicted molar refractivity (Wildman–Crippen MR) is 67.5 cm³/mol. The maximum atomic E-state index is 6.00. The number of rotatable bonds is 1. The highest BCUT2D eigenvalue weighted by Crippen LogP contribution is 2.40. The van der Waals surface area contributed by atoms with Crippen molar-refractivity contribution in [2.45, 2.75) is 65.2 Å². The molecule has 0 atom stereocenters. The van der Waals surface area contributed by atoms with E-state index < -0.39 is 0 Å². The first-order valence-electron chi connectivity index (χ1n) is 6.95. The zero-order chi connectivity index (χ0) is 12.0. The largest absolute Gasteiger partial charge is 0.255 e. The summed E-state index contributed by atoms with van der Waals surface area (Å²) in [5, 5.41) is 12.0. The van der Waals surface area contributed by atoms with Gasteiger partial charge in [0, 0.05) is 0 Å². The van der Waals surface area contributed by atoms with Crippen LogP contribution < -0.4 is 0 Å². The molecule has 2 saturated carbocycles. The van der Waals surface area contributed by atoms with Gasteiger partial charge in [-0.15, -0.1) is 0 Å². The number of hydrogen-bond acceptors (Lipinski definition) is 2. The van der Waals surface area contributed by atoms with Crippen molar-refractivity contribution in [2.75, 3.05) is 0 Å². The second-order valence-corrected chi connectivity index (χ2v) is 6.04. The molecule has 0 aromatic rings. The second kappa shape index (κ2) is 7.29. The van der Waals surface area contributed by atoms with E-state index in [4.69, 9.17) is 10.5 Å². The van der Waals surface area contributed by atoms with E-state index in [-0.39, 0.29) is 0 Å². The Morgan fingerprint density at radius 3 is 1.06 bits per heavy atom. The topological polar surface area (TPSA) is 40.5 Å². The summed E-state index contributed by atoms with van der Waals surface area (Å²) >= 11 is 0. The van der Waals surface area contributed by atoms with Crippen molar-refractivity contribution in [1.29, 1.82) is 0 Å². The lowest BCUT2D eigenvalue weighted by Gasteiger charge is -2.36. The minimum Gasteiger partial charge on any atom is -0.255 e. The van der Waals surface area contributed by atoms with Gasteiger partial charge in [0.15, 0.2) is 0 Å². The maximum absolute atomic E-state index is 6.00. The Labute approximate surface area is 100.0 Å². The van der Waals surface area contributed by atoms with Crippen LogP contribution in [0.1, 0.15) is 65.2 Å². The summed E-state index contributed by atoms with van der Waals surface area (Å²) < 4.78 is 0. The maximum Gasteiger partial charge on any atom is -0.0386 e. The van der Waals surface area contributed by atoms with E-state index in [0.29, 0.717) is 0 Å². The Morgan fingerprint density at radius 2 is 0.812 bits per heavy atom. The first kappa shape index (κ1) is 14.0. The molecule has 2 aliphatic rings. The van der Waals surface area contributed by atoms with Crippen LogP contribution in [0.4, 0.5) is 0 Å². The minimum atomic E-state index is 1.02. The molecular weight excluding hydrogens is 200 g/mol. The molecule has 0 aromatic carbocycles. The van der Waals surface area contributed by atoms with E-state index in [1.807, 2.05) is 0 Å². The van der Waals surface area contributed by atoms with E-state index in [9.17, 15) is 0 Å². The lowest BCUT2D eigenvalue weighted by Crippen LogP contribution is -2.24. The third-order valence-corrected chi connectivity index (χ3v) is 4.79. The minimum absolute atomic E-state index is 1.02. The molecule has 2 heteroatoms. The van der Waals surface area contributed by atoms with E-state index in [1.165, 1.54) is 25.7 Å². The standard InChI is InChI=1S/C14H26.H2O2/c1-11-3-7-13(8-4-11)14-9-5-12(2)6-10-14;1-2/h11-14H,3-10H2,1-2H3;1-2H. The lowest BCUT2D eigenvalue weighted by molar-refractivity contribution is -0.176. The van der Waals surface area contributed by atoms with E-state index >= 15 is 0 Å². The van der Waals surface area contributed by atoms with Crippen LogP contribution in [-0.4, -0.2) is 10.5 Å². The molecule has 2 aliphatic carbocycles. The second-order valence-electron chi connectivity index (χ2n) is 6.04. The van der Waals surface area contributed by atoms with Crippen molar-refractivity contribution < 1.29 is 10.5 Å². The summed E-state index contributed by atoms with van der Waals surface area (Å²) in [5.41, 5.74) is 0. The van der Waals surface area contributed by atoms with Crippen LogP contribution in [0.15, 0.2) is 0 Å². The van der Waals surface area contributed by atoms with Crippen LogP contribution >= 0.6 is 0 Å². The molecule has 0 saturated heterocycles. The van der Waals surface area contributed by atoms with E-state index in [2.05, 4.69) is 13.8 Å². The van der Waals surface area contributed by atoms with Gasteiger partial charge in [-0.1, -0.05) is 39.5 Å². The summed E-state index contributed by atoms with van der Waals surface area (Å²) in [6.07, 6.45) is 12.2. The molecule has 2 rings (SSSR count). The summed E-state index contributed by atoms with van der Waals surface area (Å²) in [4.78, 5) is 0. The van der Waals surface area contributed by atoms with Crippen molar-refractivity contribution >= 4 is 0 Å². The fourth-order valence-electron chi connectivity index (χ4n) is 3.51. The Balaban J connectivity index is 0.000000606. The summed E-state index contributed by atoms with van der Waals surface area (Å²) in [5.74, 6) is 4.26. The highest BCUT2D eigenvalue weighted by Gasteiger charge is 2.28. The third kappa shape index (κ3) is 4.06. The van der Waals surface area contributed by atoms with Crippen LogP contribution in [0.3, 0.4) is 0 Å². The molecule has 0 bridgehead atoms. The van der Waals surface area contributed by atoms with Crippen LogP contribution in [0.5, 0.6) is 0 Å². The van der Waals surface area contributed by atoms with Crippen LogP contribution in [0.25, 0.3) is 0 Å². The summed E-state index contributed by atoms with van der Waals surface area (Å²) in [7, 11) is 0. The molecule has 0 amide bonds. The Kier molecular flexibility index (Phi) is 6.37. The Hall–Kier alpha value is -0.0800. The Morgan fingerprint density at radius 1 is 0.562 bits per heavy atom. The predicted octanol–water partition coefficient (Wildman–Crippen LogP) is 4.66. The molecule has 0 radical (unpaired) electrons. The van der Waals surface area contributed by atoms with Gasteiger partial charge in [0.05, 0.1) is 0 Å². The van der Waals surface area contributed by atoms with Gasteiger partial charge in [-0.05, 0) is 49.4 Å². The van der Waals surface area contributed by atoms with Gasteiger partial charge in [-0.3, -0.25) is 10.5 Å². The van der Waals surface area contributed by atoms with Gasteiger partial charge in [0.2, 0.25) is 0 Å². The third-order valence-electron chi connectivity index (χ3n) is 4.79. The molecule has 2 fully saturated rings. The summed E-state index contributed by atoms with van der Waals surface area (Å²) in [6, 6.07) is 0. The summed E-state index contributed by atoms with van der Waals surface area (Å²) in [6.45, 7) is 4.86. The fraction of sp³-hybridized carbons (Fsp3) is 1.00. The van der Waals surface area contributed by atoms with Gasteiger partial charge in [0.1, 0.15) is 0 Å². The molecule has 16 heavy (non-hydrogen) atoms. The monoisotopic (exact) mass is 228 g/mol. The van der Waals surface area contributed by atoms with Crippen molar-refractivity contribution in [3.8, 4) is 0 Å². The SMILES string of the molecule is CC1CCC(C2CCC(C)CC2)CC1.OO. The first-order valence-corrected chi connectivity index (χ1v) is 6.95. The molecular formula is C14H28O2. The van der Waals surface area contributed by atoms with Crippen molar-refractivity contribution in [2.24, 2.45) is 23.7 Å². The molecule has 0 aromatic heterocycles. The lowest BCUT2D eigenvalue weighted by atomic mass is 9.70. The van der Waals surface area contributed by atoms with Gasteiger partial charge < -0.3 is 0 Å². The molecule has 0 aliphatic heterocycles. The van der Waals surface area contributed by atoms with Gasteiger partial charge in [0.25, 0.3) is 0 Å². The zero-order valence-corrected chi connectivity index (χ0v) is 10.9. The molecule has 0 unspecified atom stereocenters. The van der Waals surface area contributed by atoms with E-state index in [0.717, 1.165) is 23.7 Å². The molecule has 2 N–H and O–H groups in total. The molecule has 96 valence electrons. The molecule has 0 spiro atoms. The average Bonchev–Trinajstić information content (AvgIpc) is 2.34. The molecule has 2 nitrogen and oxygen atoms in total. The normalized spacial score (nSPS) is 39.8. The molecule has 0 heterocycles. The van der Waals surface area contributed by atoms with Crippen molar-refractivity contribution in [1.82, 2.24) is 0 Å². The fourth-order valence-corrected chi connectivity index (χ4v) is 3.51. The van der Waals surface area contributed by atoms with Crippen LogP contribution in [0, 0.1) is 23.7 Å². The van der Waals surface area contributed by atoms with E-state index in [1.54, 1.807) is 25.7 Å². The highest BCUT2D eigenvalue weighted by molar-refractivity contribution is 4.80. The quantitative estimate of drug-likeness (QED) is 0.506. The number of hydrogen-bond donors (Lipinski definition) is 2. The van der Waals surface area contributed by atoms with Crippen molar-refractivity contribution in [3.05, 3.63) is 0 Å².